The maximum Gasteiger partial charge on any atom is 0.144 e. The van der Waals surface area contributed by atoms with Gasteiger partial charge in [0.25, 0.3) is 0 Å². The van der Waals surface area contributed by atoms with Crippen molar-refractivity contribution in [2.45, 2.75) is 19.1 Å². The smallest absolute Gasteiger partial charge is 0.144 e. The Morgan fingerprint density at radius 2 is 1.67 bits per heavy atom. The second-order valence-electron chi connectivity index (χ2n) is 5.52. The van der Waals surface area contributed by atoms with Gasteiger partial charge in [0.15, 0.2) is 0 Å². The first kappa shape index (κ1) is 12.3. The zero-order chi connectivity index (χ0) is 14.2. The van der Waals surface area contributed by atoms with E-state index in [2.05, 4.69) is 72.5 Å². The highest BCUT2D eigenvalue weighted by molar-refractivity contribution is 5.73. The van der Waals surface area contributed by atoms with E-state index in [0.29, 0.717) is 0 Å². The van der Waals surface area contributed by atoms with Crippen LogP contribution in [-0.4, -0.2) is 12.1 Å². The van der Waals surface area contributed by atoms with Crippen molar-refractivity contribution in [2.24, 2.45) is 0 Å². The van der Waals surface area contributed by atoms with Crippen LogP contribution in [0.25, 0.3) is 0 Å². The second-order valence-corrected chi connectivity index (χ2v) is 5.52. The van der Waals surface area contributed by atoms with Crippen LogP contribution in [0.15, 0.2) is 72.8 Å². The van der Waals surface area contributed by atoms with Crippen LogP contribution in [0.3, 0.4) is 0 Å². The van der Waals surface area contributed by atoms with Crippen molar-refractivity contribution in [1.82, 2.24) is 0 Å². The van der Waals surface area contributed by atoms with Crippen molar-refractivity contribution >= 4 is 11.4 Å². The van der Waals surface area contributed by atoms with E-state index < -0.39 is 0 Å². The summed E-state index contributed by atoms with van der Waals surface area (Å²) in [6.45, 7) is 2.11. The zero-order valence-electron chi connectivity index (χ0n) is 11.9. The first-order valence-electron chi connectivity index (χ1n) is 7.29. The number of rotatable bonds is 1. The van der Waals surface area contributed by atoms with Crippen LogP contribution in [-0.2, 0) is 0 Å². The number of nitrogens with zero attached hydrogens (tertiary/aromatic N) is 1. The number of allylic oxidation sites excluding steroid dienone is 2. The van der Waals surface area contributed by atoms with E-state index in [9.17, 15) is 0 Å². The highest BCUT2D eigenvalue weighted by Crippen LogP contribution is 2.42. The molecule has 2 aromatic rings. The predicted molar refractivity (Wildman–Crippen MR) is 86.2 cm³/mol. The molecule has 21 heavy (non-hydrogen) atoms. The van der Waals surface area contributed by atoms with E-state index in [4.69, 9.17) is 4.74 Å². The third-order valence-electron chi connectivity index (χ3n) is 4.05. The number of benzene rings is 2. The Bertz CT molecular complexity index is 715. The minimum Gasteiger partial charge on any atom is -0.482 e. The van der Waals surface area contributed by atoms with Crippen LogP contribution in [0.1, 0.15) is 5.56 Å². The van der Waals surface area contributed by atoms with Crippen molar-refractivity contribution in [1.29, 1.82) is 0 Å². The molecule has 0 N–H and O–H groups in total. The molecule has 2 unspecified atom stereocenters. The van der Waals surface area contributed by atoms with Gasteiger partial charge in [-0.2, -0.15) is 0 Å². The van der Waals surface area contributed by atoms with Crippen LogP contribution in [0.5, 0.6) is 5.75 Å². The number of para-hydroxylation sites is 2. The first-order chi connectivity index (χ1) is 10.3. The Morgan fingerprint density at radius 1 is 0.905 bits per heavy atom. The Morgan fingerprint density at radius 3 is 2.52 bits per heavy atom. The molecule has 2 aliphatic rings. The predicted octanol–water partition coefficient (Wildman–Crippen LogP) is 4.39. The van der Waals surface area contributed by atoms with Crippen LogP contribution < -0.4 is 9.64 Å². The largest absolute Gasteiger partial charge is 0.482 e. The summed E-state index contributed by atoms with van der Waals surface area (Å²) in [7, 11) is 0. The molecule has 0 spiro atoms. The SMILES string of the molecule is Cc1ccc(N2c3ccccc3OC3C=CC=CC32)cc1. The van der Waals surface area contributed by atoms with Crippen LogP contribution in [0.2, 0.25) is 0 Å². The molecular weight excluding hydrogens is 258 g/mol. The van der Waals surface area contributed by atoms with E-state index in [1.165, 1.54) is 11.3 Å². The maximum absolute atomic E-state index is 6.13. The lowest BCUT2D eigenvalue weighted by Gasteiger charge is -2.42. The monoisotopic (exact) mass is 275 g/mol. The van der Waals surface area contributed by atoms with Crippen LogP contribution >= 0.6 is 0 Å². The molecule has 0 saturated heterocycles. The lowest BCUT2D eigenvalue weighted by atomic mass is 9.99. The number of ether oxygens (including phenoxy) is 1. The third-order valence-corrected chi connectivity index (χ3v) is 4.05. The van der Waals surface area contributed by atoms with Crippen LogP contribution in [0.4, 0.5) is 11.4 Å². The molecule has 4 rings (SSSR count). The van der Waals surface area contributed by atoms with Crippen molar-refractivity contribution in [3.05, 3.63) is 78.4 Å². The topological polar surface area (TPSA) is 12.5 Å². The summed E-state index contributed by atoms with van der Waals surface area (Å²) in [5, 5.41) is 0. The van der Waals surface area contributed by atoms with Gasteiger partial charge in [-0.25, -0.2) is 0 Å². The number of aryl methyl sites for hydroxylation is 1. The van der Waals surface area contributed by atoms with E-state index in [1.54, 1.807) is 0 Å². The lowest BCUT2D eigenvalue weighted by Crippen LogP contribution is -2.46. The first-order valence-corrected chi connectivity index (χ1v) is 7.29. The summed E-state index contributed by atoms with van der Waals surface area (Å²) in [4.78, 5) is 2.36. The standard InChI is InChI=1S/C19H17NO/c1-14-10-12-15(13-11-14)20-16-6-2-4-8-18(16)21-19-9-5-3-7-17(19)20/h2-13,16,18H,1H3. The van der Waals surface area contributed by atoms with Gasteiger partial charge in [-0.05, 0) is 37.3 Å². The van der Waals surface area contributed by atoms with Crippen molar-refractivity contribution < 1.29 is 4.74 Å². The molecule has 2 atom stereocenters. The fourth-order valence-corrected chi connectivity index (χ4v) is 3.00. The molecule has 2 nitrogen and oxygen atoms in total. The second kappa shape index (κ2) is 4.81. The fraction of sp³-hybridized carbons (Fsp3) is 0.158. The number of anilines is 2. The highest BCUT2D eigenvalue weighted by Gasteiger charge is 2.34. The van der Waals surface area contributed by atoms with Crippen LogP contribution in [0, 0.1) is 6.92 Å². The minimum atomic E-state index is 0.0613. The summed E-state index contributed by atoms with van der Waals surface area (Å²) in [6, 6.07) is 17.1. The van der Waals surface area contributed by atoms with E-state index in [1.807, 2.05) is 12.1 Å². The van der Waals surface area contributed by atoms with Crippen molar-refractivity contribution in [3.63, 3.8) is 0 Å². The Kier molecular flexibility index (Phi) is 2.81. The lowest BCUT2D eigenvalue weighted by molar-refractivity contribution is 0.218. The summed E-state index contributed by atoms with van der Waals surface area (Å²) in [6.07, 6.45) is 8.55. The average Bonchev–Trinajstić information content (AvgIpc) is 2.53. The van der Waals surface area contributed by atoms with E-state index >= 15 is 0 Å². The quantitative estimate of drug-likeness (QED) is 0.765. The molecule has 2 aromatic carbocycles. The van der Waals surface area contributed by atoms with Gasteiger partial charge in [-0.3, -0.25) is 0 Å². The Hall–Kier alpha value is -2.48. The molecule has 0 radical (unpaired) electrons. The molecule has 0 amide bonds. The minimum absolute atomic E-state index is 0.0613. The number of hydrogen-bond donors (Lipinski definition) is 0. The van der Waals surface area contributed by atoms with Crippen molar-refractivity contribution in [3.8, 4) is 5.75 Å². The molecular formula is C19H17NO. The van der Waals surface area contributed by atoms with Gasteiger partial charge in [0.2, 0.25) is 0 Å². The van der Waals surface area contributed by atoms with Crippen molar-refractivity contribution in [2.75, 3.05) is 4.90 Å². The summed E-state index contributed by atoms with van der Waals surface area (Å²) >= 11 is 0. The highest BCUT2D eigenvalue weighted by atomic mass is 16.5. The van der Waals surface area contributed by atoms with E-state index in [0.717, 1.165) is 11.4 Å². The van der Waals surface area contributed by atoms with Gasteiger partial charge >= 0.3 is 0 Å². The molecule has 0 aromatic heterocycles. The molecule has 0 fully saturated rings. The van der Waals surface area contributed by atoms with Gasteiger partial charge in [0.05, 0.1) is 11.7 Å². The summed E-state index contributed by atoms with van der Waals surface area (Å²) in [5.74, 6) is 0.944. The van der Waals surface area contributed by atoms with E-state index in [-0.39, 0.29) is 12.1 Å². The van der Waals surface area contributed by atoms with Gasteiger partial charge in [-0.15, -0.1) is 0 Å². The molecule has 2 heteroatoms. The molecule has 0 saturated carbocycles. The Labute approximate surface area is 125 Å². The zero-order valence-corrected chi connectivity index (χ0v) is 11.9. The summed E-state index contributed by atoms with van der Waals surface area (Å²) < 4.78 is 6.13. The molecule has 1 heterocycles. The third kappa shape index (κ3) is 2.04. The maximum atomic E-state index is 6.13. The summed E-state index contributed by atoms with van der Waals surface area (Å²) in [5.41, 5.74) is 3.60. The number of fused-ring (bicyclic) bond motifs is 2. The molecule has 1 aliphatic carbocycles. The average molecular weight is 275 g/mol. The van der Waals surface area contributed by atoms with Gasteiger partial charge in [0, 0.05) is 5.69 Å². The number of hydrogen-bond acceptors (Lipinski definition) is 2. The van der Waals surface area contributed by atoms with Gasteiger partial charge in [0.1, 0.15) is 11.9 Å². The molecule has 1 aliphatic heterocycles. The fourth-order valence-electron chi connectivity index (χ4n) is 3.00. The molecule has 104 valence electrons. The van der Waals surface area contributed by atoms with Gasteiger partial charge in [-0.1, -0.05) is 48.1 Å². The van der Waals surface area contributed by atoms with Gasteiger partial charge < -0.3 is 9.64 Å². The normalized spacial score (nSPS) is 22.4. The molecule has 0 bridgehead atoms. The Balaban J connectivity index is 1.87.